The lowest BCUT2D eigenvalue weighted by molar-refractivity contribution is -0.130. The number of hydrogen-bond acceptors (Lipinski definition) is 6. The fourth-order valence-corrected chi connectivity index (χ4v) is 5.40. The normalized spacial score (nSPS) is 16.5. The number of aryl methyl sites for hydroxylation is 2. The van der Waals surface area contributed by atoms with Crippen molar-refractivity contribution in [1.82, 2.24) is 19.8 Å². The summed E-state index contributed by atoms with van der Waals surface area (Å²) in [5, 5.41) is 4.96. The lowest BCUT2D eigenvalue weighted by Gasteiger charge is -2.34. The molecule has 8 heteroatoms. The van der Waals surface area contributed by atoms with Gasteiger partial charge in [0.15, 0.2) is 0 Å². The molecule has 5 rings (SSSR count). The number of aromatic nitrogens is 2. The Morgan fingerprint density at radius 1 is 0.971 bits per heavy atom. The van der Waals surface area contributed by atoms with Crippen LogP contribution in [0.15, 0.2) is 47.5 Å². The molecule has 2 aliphatic rings. The summed E-state index contributed by atoms with van der Waals surface area (Å²) >= 11 is 1.51. The third kappa shape index (κ3) is 5.65. The molecule has 1 N–H and O–H groups in total. The van der Waals surface area contributed by atoms with Crippen molar-refractivity contribution in [2.24, 2.45) is 0 Å². The Morgan fingerprint density at radius 3 is 2.40 bits per heavy atom. The number of fused-ring (bicyclic) bond motifs is 1. The fourth-order valence-electron chi connectivity index (χ4n) is 4.47. The van der Waals surface area contributed by atoms with Crippen LogP contribution in [-0.2, 0) is 9.59 Å². The van der Waals surface area contributed by atoms with Crippen molar-refractivity contribution in [2.45, 2.75) is 37.6 Å². The van der Waals surface area contributed by atoms with E-state index >= 15 is 0 Å². The Morgan fingerprint density at radius 2 is 1.69 bits per heavy atom. The van der Waals surface area contributed by atoms with Gasteiger partial charge in [0.1, 0.15) is 10.9 Å². The van der Waals surface area contributed by atoms with Crippen LogP contribution in [0.3, 0.4) is 0 Å². The van der Waals surface area contributed by atoms with Gasteiger partial charge in [-0.05, 0) is 43.9 Å². The number of para-hydroxylation sites is 2. The van der Waals surface area contributed by atoms with Crippen molar-refractivity contribution in [3.63, 3.8) is 0 Å². The van der Waals surface area contributed by atoms with E-state index in [1.807, 2.05) is 61.2 Å². The molecule has 0 bridgehead atoms. The molecule has 2 fully saturated rings. The number of hydrogen-bond donors (Lipinski definition) is 1. The summed E-state index contributed by atoms with van der Waals surface area (Å²) in [7, 11) is 0. The van der Waals surface area contributed by atoms with Crippen LogP contribution in [-0.4, -0.2) is 70.1 Å². The quantitative estimate of drug-likeness (QED) is 0.399. The summed E-state index contributed by atoms with van der Waals surface area (Å²) in [6.45, 7) is 6.99. The van der Waals surface area contributed by atoms with E-state index in [0.29, 0.717) is 44.4 Å². The minimum Gasteiger partial charge on any atom is -0.339 e. The first kappa shape index (κ1) is 23.8. The van der Waals surface area contributed by atoms with E-state index in [1.54, 1.807) is 0 Å². The zero-order valence-electron chi connectivity index (χ0n) is 20.3. The zero-order valence-corrected chi connectivity index (χ0v) is 21.1. The molecule has 2 aromatic carbocycles. The molecule has 35 heavy (non-hydrogen) atoms. The Bertz CT molecular complexity index is 1230. The molecule has 1 saturated carbocycles. The first-order valence-corrected chi connectivity index (χ1v) is 13.2. The number of carbonyl (C=O) groups is 2. The Kier molecular flexibility index (Phi) is 7.02. The van der Waals surface area contributed by atoms with Crippen molar-refractivity contribution in [1.29, 1.82) is 0 Å². The maximum atomic E-state index is 12.9. The van der Waals surface area contributed by atoms with Gasteiger partial charge in [0.05, 0.1) is 17.8 Å². The Labute approximate surface area is 210 Å². The van der Waals surface area contributed by atoms with Gasteiger partial charge in [0, 0.05) is 43.2 Å². The Balaban J connectivity index is 1.13. The molecule has 1 aliphatic heterocycles. The number of carbonyl (C=O) groups excluding carboxylic acids is 2. The number of piperazine rings is 1. The van der Waals surface area contributed by atoms with Crippen molar-refractivity contribution < 1.29 is 9.59 Å². The average Bonchev–Trinajstić information content (AvgIpc) is 3.71. The van der Waals surface area contributed by atoms with E-state index in [0.717, 1.165) is 51.4 Å². The molecule has 7 nitrogen and oxygen atoms in total. The highest BCUT2D eigenvalue weighted by molar-refractivity contribution is 8.00. The Hall–Kier alpha value is -2.97. The maximum Gasteiger partial charge on any atom is 0.238 e. The van der Waals surface area contributed by atoms with Gasteiger partial charge in [-0.25, -0.2) is 9.97 Å². The summed E-state index contributed by atoms with van der Waals surface area (Å²) < 4.78 is 0. The predicted octanol–water partition coefficient (Wildman–Crippen LogP) is 4.00. The van der Waals surface area contributed by atoms with Gasteiger partial charge in [-0.2, -0.15) is 0 Å². The highest BCUT2D eigenvalue weighted by Gasteiger charge is 2.28. The zero-order chi connectivity index (χ0) is 24.4. The largest absolute Gasteiger partial charge is 0.339 e. The predicted molar refractivity (Wildman–Crippen MR) is 140 cm³/mol. The second-order valence-electron chi connectivity index (χ2n) is 9.44. The van der Waals surface area contributed by atoms with Gasteiger partial charge in [-0.1, -0.05) is 48.2 Å². The summed E-state index contributed by atoms with van der Waals surface area (Å²) in [6, 6.07) is 14.0. The monoisotopic (exact) mass is 489 g/mol. The average molecular weight is 490 g/mol. The minimum atomic E-state index is -0.0140. The smallest absolute Gasteiger partial charge is 0.238 e. The number of benzene rings is 2. The first-order valence-electron chi connectivity index (χ1n) is 12.2. The SMILES string of the molecule is Cc1cccc(C)c1NC(=O)CN1CCN(C(=O)CSc2nc(C3CC3)nc3ccccc23)CC1. The molecule has 1 aliphatic carbocycles. The lowest BCUT2D eigenvalue weighted by Crippen LogP contribution is -2.50. The lowest BCUT2D eigenvalue weighted by atomic mass is 10.1. The standard InChI is InChI=1S/C27H31N5O2S/c1-18-6-5-7-19(2)25(18)29-23(33)16-31-12-14-32(15-13-31)24(34)17-35-27-21-8-3-4-9-22(21)28-26(30-27)20-10-11-20/h3-9,20H,10-17H2,1-2H3,(H,29,33). The molecule has 3 aromatic rings. The van der Waals surface area contributed by atoms with E-state index in [1.165, 1.54) is 11.8 Å². The van der Waals surface area contributed by atoms with Gasteiger partial charge in [0.2, 0.25) is 11.8 Å². The van der Waals surface area contributed by atoms with E-state index in [9.17, 15) is 9.59 Å². The third-order valence-electron chi connectivity index (χ3n) is 6.70. The topological polar surface area (TPSA) is 78.4 Å². The summed E-state index contributed by atoms with van der Waals surface area (Å²) in [6.07, 6.45) is 2.29. The molecule has 0 atom stereocenters. The van der Waals surface area contributed by atoms with E-state index in [4.69, 9.17) is 9.97 Å². The van der Waals surface area contributed by atoms with Crippen LogP contribution in [0.1, 0.15) is 35.7 Å². The van der Waals surface area contributed by atoms with Gasteiger partial charge >= 0.3 is 0 Å². The number of thioether (sulfide) groups is 1. The molecule has 0 spiro atoms. The highest BCUT2D eigenvalue weighted by Crippen LogP contribution is 2.39. The summed E-state index contributed by atoms with van der Waals surface area (Å²) in [5.41, 5.74) is 3.97. The van der Waals surface area contributed by atoms with Crippen LogP contribution in [0, 0.1) is 13.8 Å². The van der Waals surface area contributed by atoms with Crippen molar-refractivity contribution in [3.05, 3.63) is 59.4 Å². The second kappa shape index (κ2) is 10.3. The molecule has 0 radical (unpaired) electrons. The second-order valence-corrected chi connectivity index (χ2v) is 10.4. The number of anilines is 1. The summed E-state index contributed by atoms with van der Waals surface area (Å²) in [5.74, 6) is 1.84. The van der Waals surface area contributed by atoms with Crippen LogP contribution >= 0.6 is 11.8 Å². The van der Waals surface area contributed by atoms with Crippen molar-refractivity contribution >= 4 is 40.2 Å². The molecular formula is C27H31N5O2S. The number of rotatable bonds is 7. The summed E-state index contributed by atoms with van der Waals surface area (Å²) in [4.78, 5) is 39.1. The van der Waals surface area contributed by atoms with Gasteiger partial charge < -0.3 is 10.2 Å². The number of amides is 2. The van der Waals surface area contributed by atoms with Crippen molar-refractivity contribution in [3.8, 4) is 0 Å². The molecular weight excluding hydrogens is 458 g/mol. The molecule has 0 unspecified atom stereocenters. The van der Waals surface area contributed by atoms with Crippen LogP contribution in [0.4, 0.5) is 5.69 Å². The van der Waals surface area contributed by atoms with Crippen LogP contribution < -0.4 is 5.32 Å². The van der Waals surface area contributed by atoms with Gasteiger partial charge in [0.25, 0.3) is 0 Å². The van der Waals surface area contributed by atoms with Crippen LogP contribution in [0.25, 0.3) is 10.9 Å². The fraction of sp³-hybridized carbons (Fsp3) is 0.407. The van der Waals surface area contributed by atoms with E-state index < -0.39 is 0 Å². The maximum absolute atomic E-state index is 12.9. The third-order valence-corrected chi connectivity index (χ3v) is 7.67. The molecule has 2 amide bonds. The molecule has 1 aromatic heterocycles. The van der Waals surface area contributed by atoms with Crippen LogP contribution in [0.2, 0.25) is 0 Å². The molecule has 1 saturated heterocycles. The first-order chi connectivity index (χ1) is 17.0. The number of nitrogens with zero attached hydrogens (tertiary/aromatic N) is 4. The van der Waals surface area contributed by atoms with Crippen LogP contribution in [0.5, 0.6) is 0 Å². The molecule has 182 valence electrons. The highest BCUT2D eigenvalue weighted by atomic mass is 32.2. The minimum absolute atomic E-state index is 0.0140. The van der Waals surface area contributed by atoms with E-state index in [2.05, 4.69) is 10.2 Å². The number of nitrogens with one attached hydrogen (secondary N) is 1. The molecule has 2 heterocycles. The van der Waals surface area contributed by atoms with Crippen molar-refractivity contribution in [2.75, 3.05) is 43.8 Å². The van der Waals surface area contributed by atoms with E-state index in [-0.39, 0.29) is 11.8 Å². The van der Waals surface area contributed by atoms with Gasteiger partial charge in [-0.3, -0.25) is 14.5 Å². The van der Waals surface area contributed by atoms with Gasteiger partial charge in [-0.15, -0.1) is 0 Å².